The Hall–Kier alpha value is -3.28. The van der Waals surface area contributed by atoms with E-state index in [2.05, 4.69) is 25.6 Å². The molecule has 0 spiro atoms. The zero-order chi connectivity index (χ0) is 21.1. The maximum Gasteiger partial charge on any atom is 0.408 e. The molecule has 1 saturated heterocycles. The van der Waals surface area contributed by atoms with Crippen molar-refractivity contribution in [2.24, 2.45) is 0 Å². The van der Waals surface area contributed by atoms with Crippen molar-refractivity contribution in [3.8, 4) is 0 Å². The molecule has 9 nitrogen and oxygen atoms in total. The maximum absolute atomic E-state index is 13.1. The summed E-state index contributed by atoms with van der Waals surface area (Å²) in [5.41, 5.74) is 0.196. The zero-order valence-corrected chi connectivity index (χ0v) is 15.8. The van der Waals surface area contributed by atoms with Crippen molar-refractivity contribution in [1.29, 1.82) is 0 Å². The molecule has 4 rings (SSSR count). The second-order valence-electron chi connectivity index (χ2n) is 6.70. The van der Waals surface area contributed by atoms with Crippen LogP contribution in [0.25, 0.3) is 10.9 Å². The summed E-state index contributed by atoms with van der Waals surface area (Å²) in [6.45, 7) is 0.568. The SMILES string of the molecule is O=C(c1cc2c(cn1)c(Nc1cccnn1)nn2CC(F)(F)F)N1CCCOCC1. The smallest absolute Gasteiger partial charge is 0.380 e. The number of hydrogen-bond donors (Lipinski definition) is 1. The number of carbonyl (C=O) groups excluding carboxylic acids is 1. The standard InChI is InChI=1S/C18H18F3N7O2/c19-18(20,21)11-28-14-9-13(17(29)27-5-2-7-30-8-6-27)22-10-12(14)16(26-28)24-15-3-1-4-23-25-15/h1,3-4,9-10H,2,5-8,11H2,(H,24,25,26). The maximum atomic E-state index is 13.1. The van der Waals surface area contributed by atoms with E-state index in [1.165, 1.54) is 18.5 Å². The molecule has 3 aromatic rings. The fraction of sp³-hybridized carbons (Fsp3) is 0.389. The first-order valence-corrected chi connectivity index (χ1v) is 9.26. The Labute approximate surface area is 168 Å². The van der Waals surface area contributed by atoms with E-state index in [0.29, 0.717) is 43.9 Å². The van der Waals surface area contributed by atoms with E-state index in [4.69, 9.17) is 4.74 Å². The van der Waals surface area contributed by atoms with Gasteiger partial charge in [0.15, 0.2) is 11.6 Å². The summed E-state index contributed by atoms with van der Waals surface area (Å²) in [7, 11) is 0. The van der Waals surface area contributed by atoms with E-state index in [-0.39, 0.29) is 22.9 Å². The average molecular weight is 421 g/mol. The van der Waals surface area contributed by atoms with Crippen molar-refractivity contribution in [1.82, 2.24) is 29.9 Å². The second kappa shape index (κ2) is 8.22. The van der Waals surface area contributed by atoms with Gasteiger partial charge in [-0.1, -0.05) is 0 Å². The monoisotopic (exact) mass is 421 g/mol. The number of nitrogens with one attached hydrogen (secondary N) is 1. The molecule has 0 atom stereocenters. The summed E-state index contributed by atoms with van der Waals surface area (Å²) in [6, 6.07) is 4.57. The molecule has 1 aliphatic heterocycles. The van der Waals surface area contributed by atoms with Crippen LogP contribution in [-0.2, 0) is 11.3 Å². The largest absolute Gasteiger partial charge is 0.408 e. The fourth-order valence-corrected chi connectivity index (χ4v) is 3.17. The zero-order valence-electron chi connectivity index (χ0n) is 15.8. The number of pyridine rings is 1. The Bertz CT molecular complexity index is 1030. The van der Waals surface area contributed by atoms with Gasteiger partial charge in [-0.05, 0) is 24.6 Å². The molecule has 0 aliphatic carbocycles. The molecule has 1 amide bonds. The van der Waals surface area contributed by atoms with Crippen molar-refractivity contribution in [3.63, 3.8) is 0 Å². The topological polar surface area (TPSA) is 98.1 Å². The van der Waals surface area contributed by atoms with Gasteiger partial charge in [0.05, 0.1) is 17.5 Å². The first kappa shape index (κ1) is 20.0. The quantitative estimate of drug-likeness (QED) is 0.691. The normalized spacial score (nSPS) is 15.2. The Morgan fingerprint density at radius 3 is 2.90 bits per heavy atom. The minimum atomic E-state index is -4.49. The average Bonchev–Trinajstić information content (AvgIpc) is 2.89. The van der Waals surface area contributed by atoms with Crippen LogP contribution in [0.3, 0.4) is 0 Å². The molecule has 0 aromatic carbocycles. The van der Waals surface area contributed by atoms with Gasteiger partial charge in [0.1, 0.15) is 12.2 Å². The molecule has 0 unspecified atom stereocenters. The lowest BCUT2D eigenvalue weighted by molar-refractivity contribution is -0.141. The number of alkyl halides is 3. The number of amides is 1. The molecular weight excluding hydrogens is 403 g/mol. The van der Waals surface area contributed by atoms with Crippen molar-refractivity contribution < 1.29 is 22.7 Å². The number of aromatic nitrogens is 5. The van der Waals surface area contributed by atoms with E-state index in [0.717, 1.165) is 4.68 Å². The highest BCUT2D eigenvalue weighted by molar-refractivity contribution is 5.98. The van der Waals surface area contributed by atoms with E-state index >= 15 is 0 Å². The summed E-state index contributed by atoms with van der Waals surface area (Å²) in [6.07, 6.45) is -0.987. The van der Waals surface area contributed by atoms with Crippen molar-refractivity contribution in [2.45, 2.75) is 19.1 Å². The first-order chi connectivity index (χ1) is 14.4. The van der Waals surface area contributed by atoms with Crippen LogP contribution in [0.4, 0.5) is 24.8 Å². The summed E-state index contributed by atoms with van der Waals surface area (Å²) in [5, 5.41) is 14.8. The van der Waals surface area contributed by atoms with Crippen molar-refractivity contribution in [2.75, 3.05) is 31.6 Å². The highest BCUT2D eigenvalue weighted by Gasteiger charge is 2.30. The molecule has 12 heteroatoms. The molecule has 1 aliphatic rings. The van der Waals surface area contributed by atoms with Crippen LogP contribution < -0.4 is 5.32 Å². The highest BCUT2D eigenvalue weighted by atomic mass is 19.4. The molecule has 0 radical (unpaired) electrons. The van der Waals surface area contributed by atoms with Gasteiger partial charge in [-0.2, -0.15) is 23.4 Å². The van der Waals surface area contributed by atoms with E-state index in [9.17, 15) is 18.0 Å². The van der Waals surface area contributed by atoms with Crippen molar-refractivity contribution in [3.05, 3.63) is 36.3 Å². The second-order valence-corrected chi connectivity index (χ2v) is 6.70. The fourth-order valence-electron chi connectivity index (χ4n) is 3.17. The molecule has 4 heterocycles. The third kappa shape index (κ3) is 4.48. The number of fused-ring (bicyclic) bond motifs is 1. The number of halogens is 3. The Kier molecular flexibility index (Phi) is 5.48. The van der Waals surface area contributed by atoms with E-state index < -0.39 is 12.7 Å². The predicted molar refractivity (Wildman–Crippen MR) is 100 cm³/mol. The van der Waals surface area contributed by atoms with E-state index in [1.54, 1.807) is 17.0 Å². The van der Waals surface area contributed by atoms with Gasteiger partial charge in [0.2, 0.25) is 0 Å². The number of nitrogens with zero attached hydrogens (tertiary/aromatic N) is 6. The molecule has 0 saturated carbocycles. The minimum absolute atomic E-state index is 0.0544. The molecule has 1 fully saturated rings. The lowest BCUT2D eigenvalue weighted by atomic mass is 10.2. The lowest BCUT2D eigenvalue weighted by Crippen LogP contribution is -2.33. The molecule has 30 heavy (non-hydrogen) atoms. The van der Waals surface area contributed by atoms with Gasteiger partial charge in [-0.3, -0.25) is 14.5 Å². The molecule has 1 N–H and O–H groups in total. The van der Waals surface area contributed by atoms with Crippen LogP contribution in [0.15, 0.2) is 30.6 Å². The van der Waals surface area contributed by atoms with Gasteiger partial charge in [0, 0.05) is 32.1 Å². The molecule has 0 bridgehead atoms. The minimum Gasteiger partial charge on any atom is -0.380 e. The van der Waals surface area contributed by atoms with Crippen molar-refractivity contribution >= 4 is 28.4 Å². The molecule has 3 aromatic heterocycles. The van der Waals surface area contributed by atoms with Crippen LogP contribution in [0.2, 0.25) is 0 Å². The summed E-state index contributed by atoms with van der Waals surface area (Å²) >= 11 is 0. The Balaban J connectivity index is 1.71. The number of carbonyl (C=O) groups is 1. The molecular formula is C18H18F3N7O2. The van der Waals surface area contributed by atoms with Crippen LogP contribution in [-0.4, -0.2) is 68.2 Å². The summed E-state index contributed by atoms with van der Waals surface area (Å²) in [5.74, 6) is 0.107. The Morgan fingerprint density at radius 2 is 2.13 bits per heavy atom. The van der Waals surface area contributed by atoms with Gasteiger partial charge in [-0.15, -0.1) is 5.10 Å². The number of anilines is 2. The van der Waals surface area contributed by atoms with Crippen LogP contribution in [0.1, 0.15) is 16.9 Å². The summed E-state index contributed by atoms with van der Waals surface area (Å²) in [4.78, 5) is 18.6. The van der Waals surface area contributed by atoms with Gasteiger partial charge >= 0.3 is 6.18 Å². The van der Waals surface area contributed by atoms with Gasteiger partial charge < -0.3 is 15.0 Å². The molecule has 158 valence electrons. The van der Waals surface area contributed by atoms with Crippen LogP contribution >= 0.6 is 0 Å². The van der Waals surface area contributed by atoms with E-state index in [1.807, 2.05) is 0 Å². The highest BCUT2D eigenvalue weighted by Crippen LogP contribution is 2.28. The summed E-state index contributed by atoms with van der Waals surface area (Å²) < 4.78 is 45.4. The third-order valence-corrected chi connectivity index (χ3v) is 4.51. The third-order valence-electron chi connectivity index (χ3n) is 4.51. The number of ether oxygens (including phenoxy) is 1. The first-order valence-electron chi connectivity index (χ1n) is 9.26. The Morgan fingerprint density at radius 1 is 1.27 bits per heavy atom. The lowest BCUT2D eigenvalue weighted by Gasteiger charge is -2.19. The number of rotatable bonds is 4. The predicted octanol–water partition coefficient (Wildman–Crippen LogP) is 2.39. The van der Waals surface area contributed by atoms with Gasteiger partial charge in [0.25, 0.3) is 5.91 Å². The van der Waals surface area contributed by atoms with Crippen LogP contribution in [0.5, 0.6) is 0 Å². The van der Waals surface area contributed by atoms with Crippen LogP contribution in [0, 0.1) is 0 Å². The van der Waals surface area contributed by atoms with Gasteiger partial charge in [-0.25, -0.2) is 0 Å². The number of hydrogen-bond acceptors (Lipinski definition) is 7.